The van der Waals surface area contributed by atoms with Crippen molar-refractivity contribution in [1.29, 1.82) is 5.26 Å². The van der Waals surface area contributed by atoms with E-state index in [4.69, 9.17) is 10.00 Å². The molecule has 2 aliphatic heterocycles. The molecule has 4 aromatic rings. The van der Waals surface area contributed by atoms with Crippen molar-refractivity contribution in [2.75, 3.05) is 51.3 Å². The minimum Gasteiger partial charge on any atom is -0.476 e. The SMILES string of the molecule is Cc1cc(Nc2nccn3c(-c4ccc(OCC#N)c(F)c4F)cnc23)ccc1C(=O)N1CCC(C(=O)N2CCN[C@H](CO)C2)CC1. The predicted molar refractivity (Wildman–Crippen MR) is 168 cm³/mol. The van der Waals surface area contributed by atoms with Crippen LogP contribution in [0.4, 0.5) is 20.3 Å². The predicted octanol–water partition coefficient (Wildman–Crippen LogP) is 3.27. The lowest BCUT2D eigenvalue weighted by molar-refractivity contribution is -0.138. The number of halogens is 2. The number of aromatic nitrogens is 3. The van der Waals surface area contributed by atoms with Gasteiger partial charge in [0, 0.05) is 73.9 Å². The number of likely N-dealkylation sites (tertiary alicyclic amines) is 1. The van der Waals surface area contributed by atoms with E-state index in [2.05, 4.69) is 20.6 Å². The number of aryl methyl sites for hydroxylation is 1. The standard InChI is InChI=1S/C33H34F2N8O4/c1-20-16-22(2-3-24(20)33(46)41-11-6-21(7-12-41)32(45)42-13-9-37-23(18-42)19-44)40-30-31-39-17-26(43(31)14-10-38-30)25-4-5-27(47-15-8-36)29(35)28(25)34/h2-5,10,14,16-17,21,23,37,44H,6-7,9,11-13,15,18-19H2,1H3,(H,38,40)/t23-/m0/s1. The highest BCUT2D eigenvalue weighted by Crippen LogP contribution is 2.32. The molecule has 244 valence electrons. The molecule has 3 N–H and O–H groups in total. The summed E-state index contributed by atoms with van der Waals surface area (Å²) in [5.41, 5.74) is 2.58. The van der Waals surface area contributed by atoms with E-state index in [0.29, 0.717) is 74.0 Å². The molecule has 0 aliphatic carbocycles. The van der Waals surface area contributed by atoms with E-state index < -0.39 is 18.2 Å². The molecule has 2 aromatic heterocycles. The first kappa shape index (κ1) is 31.8. The van der Waals surface area contributed by atoms with Crippen LogP contribution in [0.2, 0.25) is 0 Å². The number of nitrogens with zero attached hydrogens (tertiary/aromatic N) is 6. The number of amides is 2. The Balaban J connectivity index is 1.13. The summed E-state index contributed by atoms with van der Waals surface area (Å²) in [4.78, 5) is 38.9. The Hall–Kier alpha value is -5.13. The number of ether oxygens (including phenoxy) is 1. The van der Waals surface area contributed by atoms with Crippen LogP contribution in [0.5, 0.6) is 5.75 Å². The summed E-state index contributed by atoms with van der Waals surface area (Å²) in [5.74, 6) is -2.46. The lowest BCUT2D eigenvalue weighted by Crippen LogP contribution is -2.56. The second-order valence-corrected chi connectivity index (χ2v) is 11.6. The number of fused-ring (bicyclic) bond motifs is 1. The lowest BCUT2D eigenvalue weighted by Gasteiger charge is -2.38. The van der Waals surface area contributed by atoms with E-state index in [9.17, 15) is 23.5 Å². The molecule has 0 spiro atoms. The lowest BCUT2D eigenvalue weighted by atomic mass is 9.94. The first-order valence-corrected chi connectivity index (χ1v) is 15.4. The molecule has 6 rings (SSSR count). The Morgan fingerprint density at radius 2 is 1.94 bits per heavy atom. The van der Waals surface area contributed by atoms with E-state index in [-0.39, 0.29) is 41.7 Å². The van der Waals surface area contributed by atoms with E-state index in [1.807, 2.05) is 17.9 Å². The number of aliphatic hydroxyl groups is 1. The van der Waals surface area contributed by atoms with Crippen LogP contribution in [0, 0.1) is 35.8 Å². The molecule has 0 bridgehead atoms. The van der Waals surface area contributed by atoms with E-state index in [1.54, 1.807) is 33.7 Å². The van der Waals surface area contributed by atoms with Crippen LogP contribution in [-0.2, 0) is 4.79 Å². The van der Waals surface area contributed by atoms with Crippen LogP contribution in [0.3, 0.4) is 0 Å². The maximum absolute atomic E-state index is 15.0. The van der Waals surface area contributed by atoms with Crippen molar-refractivity contribution in [2.45, 2.75) is 25.8 Å². The summed E-state index contributed by atoms with van der Waals surface area (Å²) >= 11 is 0. The molecule has 12 nitrogen and oxygen atoms in total. The van der Waals surface area contributed by atoms with Crippen molar-refractivity contribution in [1.82, 2.24) is 29.5 Å². The van der Waals surface area contributed by atoms with Gasteiger partial charge in [0.15, 0.2) is 29.6 Å². The molecule has 0 radical (unpaired) electrons. The van der Waals surface area contributed by atoms with Gasteiger partial charge >= 0.3 is 0 Å². The molecular weight excluding hydrogens is 610 g/mol. The third-order valence-corrected chi connectivity index (χ3v) is 8.68. The number of carbonyl (C=O) groups is 2. The fourth-order valence-electron chi connectivity index (χ4n) is 6.18. The fourth-order valence-corrected chi connectivity index (χ4v) is 6.18. The number of hydrogen-bond acceptors (Lipinski definition) is 9. The second kappa shape index (κ2) is 13.7. The summed E-state index contributed by atoms with van der Waals surface area (Å²) in [6, 6.07) is 9.59. The summed E-state index contributed by atoms with van der Waals surface area (Å²) in [6.45, 7) is 4.16. The van der Waals surface area contributed by atoms with Gasteiger partial charge < -0.3 is 30.3 Å². The van der Waals surface area contributed by atoms with Crippen molar-refractivity contribution in [3.05, 3.63) is 71.7 Å². The van der Waals surface area contributed by atoms with Gasteiger partial charge in [0.2, 0.25) is 11.7 Å². The molecule has 2 fully saturated rings. The summed E-state index contributed by atoms with van der Waals surface area (Å²) in [5, 5.41) is 24.5. The van der Waals surface area contributed by atoms with Crippen LogP contribution in [0.15, 0.2) is 48.9 Å². The summed E-state index contributed by atoms with van der Waals surface area (Å²) < 4.78 is 36.2. The third kappa shape index (κ3) is 6.45. The molecule has 1 atom stereocenters. The smallest absolute Gasteiger partial charge is 0.254 e. The molecule has 14 heteroatoms. The van der Waals surface area contributed by atoms with Gasteiger partial charge in [-0.15, -0.1) is 0 Å². The van der Waals surface area contributed by atoms with Gasteiger partial charge in [0.1, 0.15) is 6.07 Å². The highest BCUT2D eigenvalue weighted by Gasteiger charge is 2.33. The van der Waals surface area contributed by atoms with Crippen molar-refractivity contribution in [3.8, 4) is 23.1 Å². The average Bonchev–Trinajstić information content (AvgIpc) is 3.53. The normalized spacial score (nSPS) is 17.0. The molecular formula is C33H34F2N8O4. The van der Waals surface area contributed by atoms with Crippen LogP contribution in [-0.4, -0.2) is 93.1 Å². The van der Waals surface area contributed by atoms with Gasteiger partial charge in [0.25, 0.3) is 5.91 Å². The molecule has 47 heavy (non-hydrogen) atoms. The van der Waals surface area contributed by atoms with Crippen LogP contribution in [0.1, 0.15) is 28.8 Å². The van der Waals surface area contributed by atoms with Gasteiger partial charge in [-0.25, -0.2) is 14.4 Å². The number of nitriles is 1. The topological polar surface area (TPSA) is 148 Å². The fraction of sp³-hybridized carbons (Fsp3) is 0.364. The first-order valence-electron chi connectivity index (χ1n) is 15.4. The number of hydrogen-bond donors (Lipinski definition) is 3. The number of carbonyl (C=O) groups excluding carboxylic acids is 2. The number of aliphatic hydroxyl groups excluding tert-OH is 1. The largest absolute Gasteiger partial charge is 0.476 e. The highest BCUT2D eigenvalue weighted by atomic mass is 19.2. The van der Waals surface area contributed by atoms with Gasteiger partial charge in [0.05, 0.1) is 18.5 Å². The van der Waals surface area contributed by atoms with Crippen LogP contribution >= 0.6 is 0 Å². The Labute approximate surface area is 269 Å². The maximum atomic E-state index is 15.0. The maximum Gasteiger partial charge on any atom is 0.254 e. The van der Waals surface area contributed by atoms with Gasteiger partial charge in [-0.3, -0.25) is 14.0 Å². The number of piperidine rings is 1. The van der Waals surface area contributed by atoms with Gasteiger partial charge in [-0.1, -0.05) is 0 Å². The van der Waals surface area contributed by atoms with E-state index >= 15 is 0 Å². The highest BCUT2D eigenvalue weighted by molar-refractivity contribution is 5.96. The molecule has 2 amide bonds. The summed E-state index contributed by atoms with van der Waals surface area (Å²) in [6.07, 6.45) is 5.68. The van der Waals surface area contributed by atoms with Crippen LogP contribution in [0.25, 0.3) is 16.9 Å². The van der Waals surface area contributed by atoms with Gasteiger partial charge in [-0.05, 0) is 55.7 Å². The third-order valence-electron chi connectivity index (χ3n) is 8.68. The Kier molecular flexibility index (Phi) is 9.28. The molecule has 2 aliphatic rings. The molecule has 0 saturated carbocycles. The quantitative estimate of drug-likeness (QED) is 0.263. The number of benzene rings is 2. The molecule has 2 saturated heterocycles. The zero-order valence-electron chi connectivity index (χ0n) is 25.7. The Morgan fingerprint density at radius 3 is 2.68 bits per heavy atom. The Morgan fingerprint density at radius 1 is 1.13 bits per heavy atom. The van der Waals surface area contributed by atoms with Crippen molar-refractivity contribution in [3.63, 3.8) is 0 Å². The van der Waals surface area contributed by atoms with Gasteiger partial charge in [-0.2, -0.15) is 9.65 Å². The number of nitrogens with one attached hydrogen (secondary N) is 2. The number of piperazine rings is 1. The Bertz CT molecular complexity index is 1850. The first-order chi connectivity index (χ1) is 22.8. The van der Waals surface area contributed by atoms with E-state index in [0.717, 1.165) is 5.56 Å². The number of anilines is 2. The molecule has 4 heterocycles. The van der Waals surface area contributed by atoms with Crippen molar-refractivity contribution in [2.24, 2.45) is 5.92 Å². The monoisotopic (exact) mass is 644 g/mol. The zero-order chi connectivity index (χ0) is 33.1. The van der Waals surface area contributed by atoms with Crippen LogP contribution < -0.4 is 15.4 Å². The summed E-state index contributed by atoms with van der Waals surface area (Å²) in [7, 11) is 0. The number of rotatable bonds is 8. The molecule has 0 unspecified atom stereocenters. The minimum atomic E-state index is -1.20. The van der Waals surface area contributed by atoms with Crippen molar-refractivity contribution >= 4 is 29.0 Å². The zero-order valence-corrected chi connectivity index (χ0v) is 25.7. The number of imidazole rings is 1. The minimum absolute atomic E-state index is 0.0118. The average molecular weight is 645 g/mol. The second-order valence-electron chi connectivity index (χ2n) is 11.6. The van der Waals surface area contributed by atoms with E-state index in [1.165, 1.54) is 24.5 Å². The molecule has 2 aromatic carbocycles. The van der Waals surface area contributed by atoms with Crippen molar-refractivity contribution < 1.29 is 28.2 Å².